The summed E-state index contributed by atoms with van der Waals surface area (Å²) in [5, 5.41) is 0. The van der Waals surface area contributed by atoms with Gasteiger partial charge in [0, 0.05) is 5.56 Å². The molecule has 136 valence electrons. The van der Waals surface area contributed by atoms with Gasteiger partial charge in [-0.25, -0.2) is 4.79 Å². The van der Waals surface area contributed by atoms with Crippen molar-refractivity contribution in [3.8, 4) is 0 Å². The largest absolute Gasteiger partial charge is 0.456 e. The predicted molar refractivity (Wildman–Crippen MR) is 90.9 cm³/mol. The van der Waals surface area contributed by atoms with E-state index in [0.29, 0.717) is 5.56 Å². The Morgan fingerprint density at radius 2 is 1.65 bits per heavy atom. The fourth-order valence-corrected chi connectivity index (χ4v) is 4.88. The molecule has 0 unspecified atom stereocenters. The Balaban J connectivity index is 1.40. The molecule has 2 bridgehead atoms. The monoisotopic (exact) mass is 355 g/mol. The van der Waals surface area contributed by atoms with Gasteiger partial charge < -0.3 is 4.74 Å². The quantitative estimate of drug-likeness (QED) is 0.457. The maximum Gasteiger partial charge on any atom is 0.329 e. The molecule has 0 N–H and O–H groups in total. The summed E-state index contributed by atoms with van der Waals surface area (Å²) in [7, 11) is 0. The molecule has 5 atom stereocenters. The molecule has 1 heterocycles. The molecule has 4 rings (SSSR count). The van der Waals surface area contributed by atoms with E-state index in [9.17, 15) is 19.2 Å². The number of likely N-dealkylation sites (tertiary alicyclic amines) is 1. The molecule has 2 saturated carbocycles. The Morgan fingerprint density at radius 1 is 1.08 bits per heavy atom. The Hall–Kier alpha value is -2.50. The molecule has 1 aromatic carbocycles. The second kappa shape index (κ2) is 6.34. The summed E-state index contributed by atoms with van der Waals surface area (Å²) < 4.78 is 5.09. The van der Waals surface area contributed by atoms with Gasteiger partial charge in [-0.15, -0.1) is 0 Å². The summed E-state index contributed by atoms with van der Waals surface area (Å²) in [5.41, 5.74) is 0.451. The van der Waals surface area contributed by atoms with Crippen molar-refractivity contribution in [3.05, 3.63) is 35.9 Å². The highest BCUT2D eigenvalue weighted by molar-refractivity contribution is 6.08. The highest BCUT2D eigenvalue weighted by atomic mass is 16.5. The van der Waals surface area contributed by atoms with E-state index in [1.54, 1.807) is 30.3 Å². The van der Waals surface area contributed by atoms with Gasteiger partial charge in [-0.2, -0.15) is 0 Å². The lowest BCUT2D eigenvalue weighted by Crippen LogP contribution is -2.45. The van der Waals surface area contributed by atoms with E-state index in [1.165, 1.54) is 6.92 Å². The molecule has 1 saturated heterocycles. The van der Waals surface area contributed by atoms with E-state index < -0.39 is 18.6 Å². The van der Waals surface area contributed by atoms with E-state index in [1.807, 2.05) is 0 Å². The van der Waals surface area contributed by atoms with Crippen molar-refractivity contribution in [2.24, 2.45) is 23.7 Å². The van der Waals surface area contributed by atoms with Gasteiger partial charge in [0.2, 0.25) is 11.8 Å². The van der Waals surface area contributed by atoms with Crippen LogP contribution in [0.15, 0.2) is 30.3 Å². The first-order chi connectivity index (χ1) is 12.5. The number of Topliss-reactive ketones (excluding diaryl/α,β-unsaturated/α-hetero) is 1. The van der Waals surface area contributed by atoms with Gasteiger partial charge >= 0.3 is 5.97 Å². The number of hydrogen-bond donors (Lipinski definition) is 0. The third-order valence-electron chi connectivity index (χ3n) is 6.13. The molecule has 3 aliphatic rings. The average Bonchev–Trinajstić information content (AvgIpc) is 3.33. The van der Waals surface area contributed by atoms with Crippen LogP contribution in [-0.2, 0) is 19.1 Å². The third-order valence-corrected chi connectivity index (χ3v) is 6.13. The van der Waals surface area contributed by atoms with Crippen LogP contribution in [0.4, 0.5) is 0 Å². The Bertz CT molecular complexity index is 746. The fourth-order valence-electron chi connectivity index (χ4n) is 4.88. The number of imide groups is 1. The Labute approximate surface area is 151 Å². The van der Waals surface area contributed by atoms with Crippen LogP contribution in [0, 0.1) is 23.7 Å². The summed E-state index contributed by atoms with van der Waals surface area (Å²) in [6.45, 7) is 1.09. The van der Waals surface area contributed by atoms with Gasteiger partial charge in [0.05, 0.1) is 11.8 Å². The van der Waals surface area contributed by atoms with Crippen molar-refractivity contribution in [2.75, 3.05) is 6.61 Å². The van der Waals surface area contributed by atoms with Crippen LogP contribution in [0.1, 0.15) is 36.5 Å². The number of rotatable bonds is 5. The van der Waals surface area contributed by atoms with Crippen molar-refractivity contribution in [1.29, 1.82) is 0 Å². The molecule has 3 fully saturated rings. The standard InChI is InChI=1S/C20H21NO5/c1-11(20(25)26-10-15(22)12-5-3-2-4-6-12)21-18(23)16-13-7-8-14(9-13)17(16)19(21)24/h2-6,11,13-14,16-17H,7-10H2,1H3/t11-,13+,14+,16+,17+/m1/s1. The number of ketones is 1. The second-order valence-corrected chi connectivity index (χ2v) is 7.50. The van der Waals surface area contributed by atoms with Gasteiger partial charge in [-0.05, 0) is 38.0 Å². The zero-order valence-corrected chi connectivity index (χ0v) is 14.6. The van der Waals surface area contributed by atoms with Gasteiger partial charge in [-0.3, -0.25) is 19.3 Å². The lowest BCUT2D eigenvalue weighted by atomic mass is 9.81. The molecule has 0 radical (unpaired) electrons. The molecule has 2 amide bonds. The van der Waals surface area contributed by atoms with E-state index in [-0.39, 0.29) is 41.3 Å². The maximum atomic E-state index is 12.7. The smallest absolute Gasteiger partial charge is 0.329 e. The summed E-state index contributed by atoms with van der Waals surface area (Å²) in [5.74, 6) is -1.51. The molecule has 26 heavy (non-hydrogen) atoms. The third kappa shape index (κ3) is 2.55. The molecular formula is C20H21NO5. The van der Waals surface area contributed by atoms with E-state index in [4.69, 9.17) is 4.74 Å². The number of hydrogen-bond acceptors (Lipinski definition) is 5. The molecule has 2 aliphatic carbocycles. The molecule has 0 aromatic heterocycles. The summed E-state index contributed by atoms with van der Waals surface area (Å²) in [6, 6.07) is 7.54. The molecule has 6 heteroatoms. The fraction of sp³-hybridized carbons (Fsp3) is 0.500. The van der Waals surface area contributed by atoms with Crippen LogP contribution >= 0.6 is 0 Å². The lowest BCUT2D eigenvalue weighted by Gasteiger charge is -2.22. The van der Waals surface area contributed by atoms with Crippen LogP contribution in [0.3, 0.4) is 0 Å². The normalized spacial score (nSPS) is 30.4. The SMILES string of the molecule is C[C@H](C(=O)OCC(=O)c1ccccc1)N1C(=O)[C@H]2[C@H]3CC[C@@H](C3)[C@@H]2C1=O. The summed E-state index contributed by atoms with van der Waals surface area (Å²) in [6.07, 6.45) is 2.93. The average molecular weight is 355 g/mol. The number of amides is 2. The molecular weight excluding hydrogens is 334 g/mol. The van der Waals surface area contributed by atoms with Crippen LogP contribution in [0.25, 0.3) is 0 Å². The minimum absolute atomic E-state index is 0.244. The lowest BCUT2D eigenvalue weighted by molar-refractivity contribution is -0.157. The van der Waals surface area contributed by atoms with E-state index >= 15 is 0 Å². The number of benzene rings is 1. The van der Waals surface area contributed by atoms with Crippen molar-refractivity contribution < 1.29 is 23.9 Å². The number of ether oxygens (including phenoxy) is 1. The van der Waals surface area contributed by atoms with Crippen molar-refractivity contribution in [2.45, 2.75) is 32.2 Å². The molecule has 1 aromatic rings. The zero-order chi connectivity index (χ0) is 18.4. The molecule has 6 nitrogen and oxygen atoms in total. The maximum absolute atomic E-state index is 12.7. The van der Waals surface area contributed by atoms with Crippen LogP contribution < -0.4 is 0 Å². The molecule has 1 aliphatic heterocycles. The minimum atomic E-state index is -0.997. The van der Waals surface area contributed by atoms with Gasteiger partial charge in [0.1, 0.15) is 6.04 Å². The minimum Gasteiger partial charge on any atom is -0.456 e. The van der Waals surface area contributed by atoms with Crippen molar-refractivity contribution in [3.63, 3.8) is 0 Å². The second-order valence-electron chi connectivity index (χ2n) is 7.50. The van der Waals surface area contributed by atoms with Gasteiger partial charge in [0.15, 0.2) is 12.4 Å². The number of esters is 1. The van der Waals surface area contributed by atoms with Crippen LogP contribution in [0.5, 0.6) is 0 Å². The first kappa shape index (κ1) is 16.9. The van der Waals surface area contributed by atoms with Crippen LogP contribution in [-0.4, -0.2) is 41.1 Å². The van der Waals surface area contributed by atoms with Crippen LogP contribution in [0.2, 0.25) is 0 Å². The number of carbonyl (C=O) groups excluding carboxylic acids is 4. The summed E-state index contributed by atoms with van der Waals surface area (Å²) >= 11 is 0. The highest BCUT2D eigenvalue weighted by Crippen LogP contribution is 2.56. The predicted octanol–water partition coefficient (Wildman–Crippen LogP) is 1.83. The first-order valence-corrected chi connectivity index (χ1v) is 9.11. The van der Waals surface area contributed by atoms with Crippen molar-refractivity contribution in [1.82, 2.24) is 4.90 Å². The topological polar surface area (TPSA) is 80.8 Å². The zero-order valence-electron chi connectivity index (χ0n) is 14.6. The van der Waals surface area contributed by atoms with E-state index in [2.05, 4.69) is 0 Å². The number of fused-ring (bicyclic) bond motifs is 5. The highest BCUT2D eigenvalue weighted by Gasteiger charge is 2.62. The number of carbonyl (C=O) groups is 4. The molecule has 0 spiro atoms. The Morgan fingerprint density at radius 3 is 2.23 bits per heavy atom. The number of nitrogens with zero attached hydrogens (tertiary/aromatic N) is 1. The first-order valence-electron chi connectivity index (χ1n) is 9.11. The van der Waals surface area contributed by atoms with E-state index in [0.717, 1.165) is 24.2 Å². The van der Waals surface area contributed by atoms with Gasteiger partial charge in [0.25, 0.3) is 0 Å². The van der Waals surface area contributed by atoms with Crippen molar-refractivity contribution >= 4 is 23.6 Å². The Kier molecular flexibility index (Phi) is 4.13. The summed E-state index contributed by atoms with van der Waals surface area (Å²) in [4.78, 5) is 50.9. The van der Waals surface area contributed by atoms with Gasteiger partial charge in [-0.1, -0.05) is 30.3 Å².